The van der Waals surface area contributed by atoms with E-state index in [0.717, 1.165) is 0 Å². The zero-order valence-electron chi connectivity index (χ0n) is 17.8. The molecule has 0 heterocycles. The van der Waals surface area contributed by atoms with Crippen molar-refractivity contribution < 1.29 is 49.6 Å². The molecule has 0 aromatic carbocycles. The van der Waals surface area contributed by atoms with Crippen LogP contribution in [0.2, 0.25) is 0 Å². The average molecular weight is 429 g/mol. The van der Waals surface area contributed by atoms with Crippen molar-refractivity contribution in [3.8, 4) is 0 Å². The van der Waals surface area contributed by atoms with Gasteiger partial charge in [0.2, 0.25) is 0 Å². The lowest BCUT2D eigenvalue weighted by Gasteiger charge is -2.24. The van der Waals surface area contributed by atoms with Gasteiger partial charge in [0.05, 0.1) is 65.6 Å². The smallest absolute Gasteiger partial charge is 0.104 e. The van der Waals surface area contributed by atoms with Crippen LogP contribution in [0.4, 0.5) is 0 Å². The Hall–Kier alpha value is -0.400. The Labute approximate surface area is 173 Å². The molecule has 0 aliphatic carbocycles. The Morgan fingerprint density at radius 1 is 0.586 bits per heavy atom. The van der Waals surface area contributed by atoms with E-state index < -0.39 is 43.7 Å². The normalized spacial score (nSPS) is 17.7. The zero-order chi connectivity index (χ0) is 22.3. The van der Waals surface area contributed by atoms with Gasteiger partial charge in [-0.25, -0.2) is 0 Å². The van der Waals surface area contributed by atoms with E-state index in [0.29, 0.717) is 6.42 Å². The van der Waals surface area contributed by atoms with Gasteiger partial charge in [0.15, 0.2) is 0 Å². The summed E-state index contributed by atoms with van der Waals surface area (Å²) in [7, 11) is 0. The molecule has 0 bridgehead atoms. The number of ether oxygens (including phenoxy) is 4. The van der Waals surface area contributed by atoms with Gasteiger partial charge in [-0.05, 0) is 11.8 Å². The van der Waals surface area contributed by atoms with Gasteiger partial charge < -0.3 is 49.6 Å². The highest BCUT2D eigenvalue weighted by atomic mass is 16.6. The summed E-state index contributed by atoms with van der Waals surface area (Å²) in [6.07, 6.45) is -3.58. The van der Waals surface area contributed by atoms with Crippen LogP contribution in [0.1, 0.15) is 27.2 Å². The molecular weight excluding hydrogens is 388 g/mol. The molecule has 10 heteroatoms. The Morgan fingerprint density at radius 2 is 1.00 bits per heavy atom. The number of aliphatic hydroxyl groups is 6. The van der Waals surface area contributed by atoms with Crippen molar-refractivity contribution in [1.82, 2.24) is 0 Å². The topological polar surface area (TPSA) is 158 Å². The van der Waals surface area contributed by atoms with Crippen molar-refractivity contribution in [1.29, 1.82) is 0 Å². The molecule has 0 aromatic rings. The van der Waals surface area contributed by atoms with Crippen molar-refractivity contribution in [2.24, 2.45) is 5.41 Å². The lowest BCUT2D eigenvalue weighted by Crippen LogP contribution is -2.34. The van der Waals surface area contributed by atoms with E-state index >= 15 is 0 Å². The Bertz CT molecular complexity index is 376. The first-order valence-corrected chi connectivity index (χ1v) is 9.86. The molecule has 6 N–H and O–H groups in total. The second-order valence-corrected chi connectivity index (χ2v) is 8.31. The fourth-order valence-corrected chi connectivity index (χ4v) is 2.32. The standard InChI is InChI=1S/C19H40O10/c1-19(2,3)4-14(22)7-27-12-18(13-28-9-16(24)6-21)29-11-17(25)10-26-8-15(23)5-20/h14-18,20-25H,4-13H2,1-3H3. The van der Waals surface area contributed by atoms with E-state index in [9.17, 15) is 20.4 Å². The third-order valence-electron chi connectivity index (χ3n) is 3.64. The second-order valence-electron chi connectivity index (χ2n) is 8.31. The third kappa shape index (κ3) is 18.1. The highest BCUT2D eigenvalue weighted by Crippen LogP contribution is 2.20. The van der Waals surface area contributed by atoms with Crippen LogP contribution in [0.5, 0.6) is 0 Å². The van der Waals surface area contributed by atoms with Crippen molar-refractivity contribution in [3.63, 3.8) is 0 Å². The average Bonchev–Trinajstić information content (AvgIpc) is 2.63. The first kappa shape index (κ1) is 28.6. The molecule has 0 spiro atoms. The van der Waals surface area contributed by atoms with Crippen LogP contribution in [0.15, 0.2) is 0 Å². The maximum atomic E-state index is 10.0. The monoisotopic (exact) mass is 428 g/mol. The maximum absolute atomic E-state index is 10.0. The van der Waals surface area contributed by atoms with E-state index in [1.54, 1.807) is 0 Å². The van der Waals surface area contributed by atoms with E-state index in [4.69, 9.17) is 29.2 Å². The minimum Gasteiger partial charge on any atom is -0.394 e. The molecule has 176 valence electrons. The summed E-state index contributed by atoms with van der Waals surface area (Å²) in [5.41, 5.74) is -0.0318. The van der Waals surface area contributed by atoms with Crippen molar-refractivity contribution in [3.05, 3.63) is 0 Å². The highest BCUT2D eigenvalue weighted by Gasteiger charge is 2.19. The van der Waals surface area contributed by atoms with Gasteiger partial charge in [-0.2, -0.15) is 0 Å². The van der Waals surface area contributed by atoms with E-state index in [1.165, 1.54) is 0 Å². The lowest BCUT2D eigenvalue weighted by molar-refractivity contribution is -0.111. The first-order valence-electron chi connectivity index (χ1n) is 9.86. The van der Waals surface area contributed by atoms with Crippen LogP contribution in [-0.4, -0.2) is 121 Å². The van der Waals surface area contributed by atoms with Gasteiger partial charge in [-0.1, -0.05) is 20.8 Å². The molecule has 0 saturated carbocycles. The van der Waals surface area contributed by atoms with Crippen molar-refractivity contribution in [2.75, 3.05) is 59.5 Å². The molecule has 5 unspecified atom stereocenters. The largest absolute Gasteiger partial charge is 0.394 e. The number of rotatable bonds is 18. The number of hydrogen-bond donors (Lipinski definition) is 6. The van der Waals surface area contributed by atoms with Gasteiger partial charge in [-0.15, -0.1) is 0 Å². The molecule has 0 rings (SSSR count). The lowest BCUT2D eigenvalue weighted by atomic mass is 9.89. The highest BCUT2D eigenvalue weighted by molar-refractivity contribution is 4.68. The van der Waals surface area contributed by atoms with Crippen LogP contribution < -0.4 is 0 Å². The zero-order valence-corrected chi connectivity index (χ0v) is 17.8. The van der Waals surface area contributed by atoms with Crippen LogP contribution >= 0.6 is 0 Å². The molecule has 29 heavy (non-hydrogen) atoms. The second kappa shape index (κ2) is 16.3. The van der Waals surface area contributed by atoms with Crippen molar-refractivity contribution in [2.45, 2.75) is 57.7 Å². The maximum Gasteiger partial charge on any atom is 0.104 e. The van der Waals surface area contributed by atoms with Crippen LogP contribution in [-0.2, 0) is 18.9 Å². The number of aliphatic hydroxyl groups excluding tert-OH is 6. The molecule has 0 amide bonds. The molecule has 0 radical (unpaired) electrons. The Balaban J connectivity index is 4.30. The van der Waals surface area contributed by atoms with Crippen LogP contribution in [0, 0.1) is 5.41 Å². The van der Waals surface area contributed by atoms with E-state index in [-0.39, 0.29) is 51.7 Å². The summed E-state index contributed by atoms with van der Waals surface area (Å²) in [4.78, 5) is 0. The summed E-state index contributed by atoms with van der Waals surface area (Å²) in [5.74, 6) is 0. The summed E-state index contributed by atoms with van der Waals surface area (Å²) in [6, 6.07) is 0. The van der Waals surface area contributed by atoms with E-state index in [1.807, 2.05) is 20.8 Å². The Kier molecular flexibility index (Phi) is 16.1. The van der Waals surface area contributed by atoms with Crippen LogP contribution in [0.3, 0.4) is 0 Å². The number of hydrogen-bond acceptors (Lipinski definition) is 10. The summed E-state index contributed by atoms with van der Waals surface area (Å²) < 4.78 is 21.4. The molecular formula is C19H40O10. The van der Waals surface area contributed by atoms with Crippen LogP contribution in [0.25, 0.3) is 0 Å². The summed E-state index contributed by atoms with van der Waals surface area (Å²) in [6.45, 7) is 5.15. The molecule has 0 saturated heterocycles. The van der Waals surface area contributed by atoms with E-state index in [2.05, 4.69) is 0 Å². The minimum absolute atomic E-state index is 0.0318. The molecule has 5 atom stereocenters. The summed E-state index contributed by atoms with van der Waals surface area (Å²) >= 11 is 0. The SMILES string of the molecule is CC(C)(C)CC(O)COCC(COCC(O)CO)OCC(O)COCC(O)CO. The minimum atomic E-state index is -1.00. The fourth-order valence-electron chi connectivity index (χ4n) is 2.32. The molecule has 0 aromatic heterocycles. The molecule has 0 aliphatic heterocycles. The quantitative estimate of drug-likeness (QED) is 0.148. The van der Waals surface area contributed by atoms with Gasteiger partial charge in [-0.3, -0.25) is 0 Å². The molecule has 10 nitrogen and oxygen atoms in total. The van der Waals surface area contributed by atoms with Crippen molar-refractivity contribution >= 4 is 0 Å². The first-order chi connectivity index (χ1) is 13.6. The third-order valence-corrected chi connectivity index (χ3v) is 3.64. The molecule has 0 aliphatic rings. The van der Waals surface area contributed by atoms with Gasteiger partial charge in [0, 0.05) is 0 Å². The predicted molar refractivity (Wildman–Crippen MR) is 104 cm³/mol. The van der Waals surface area contributed by atoms with Gasteiger partial charge >= 0.3 is 0 Å². The Morgan fingerprint density at radius 3 is 1.45 bits per heavy atom. The predicted octanol–water partition coefficient (Wildman–Crippen LogP) is -1.71. The van der Waals surface area contributed by atoms with Gasteiger partial charge in [0.1, 0.15) is 24.4 Å². The molecule has 0 fully saturated rings. The fraction of sp³-hybridized carbons (Fsp3) is 1.00. The summed E-state index contributed by atoms with van der Waals surface area (Å²) in [5, 5.41) is 55.9. The van der Waals surface area contributed by atoms with Gasteiger partial charge in [0.25, 0.3) is 0 Å².